The Morgan fingerprint density at radius 3 is 2.55 bits per heavy atom. The topological polar surface area (TPSA) is 73.8 Å². The van der Waals surface area contributed by atoms with E-state index in [9.17, 15) is 4.79 Å². The van der Waals surface area contributed by atoms with E-state index in [2.05, 4.69) is 10.1 Å². The molecule has 1 aromatic carbocycles. The number of hydrogen-bond acceptors (Lipinski definition) is 4. The quantitative estimate of drug-likeness (QED) is 0.741. The molecule has 2 aromatic heterocycles. The highest BCUT2D eigenvalue weighted by molar-refractivity contribution is 6.42. The van der Waals surface area contributed by atoms with Gasteiger partial charge in [-0.15, -0.1) is 5.10 Å². The van der Waals surface area contributed by atoms with E-state index in [1.165, 1.54) is 0 Å². The summed E-state index contributed by atoms with van der Waals surface area (Å²) in [6.07, 6.45) is 0. The molecule has 0 bridgehead atoms. The summed E-state index contributed by atoms with van der Waals surface area (Å²) in [4.78, 5) is 16.5. The van der Waals surface area contributed by atoms with Crippen LogP contribution < -0.4 is 11.2 Å². The fourth-order valence-corrected chi connectivity index (χ4v) is 2.45. The van der Waals surface area contributed by atoms with Crippen molar-refractivity contribution in [3.8, 4) is 5.69 Å². The van der Waals surface area contributed by atoms with Crippen LogP contribution in [0.5, 0.6) is 0 Å². The van der Waals surface area contributed by atoms with Crippen LogP contribution >= 0.6 is 23.2 Å². The van der Waals surface area contributed by atoms with Gasteiger partial charge >= 0.3 is 0 Å². The fourth-order valence-electron chi connectivity index (χ4n) is 2.16. The van der Waals surface area contributed by atoms with E-state index in [0.29, 0.717) is 21.2 Å². The first-order chi connectivity index (χ1) is 10.4. The van der Waals surface area contributed by atoms with E-state index >= 15 is 0 Å². The van der Waals surface area contributed by atoms with Crippen molar-refractivity contribution in [2.24, 2.45) is 0 Å². The molecule has 112 valence electrons. The Morgan fingerprint density at radius 2 is 1.86 bits per heavy atom. The molecule has 0 unspecified atom stereocenters. The van der Waals surface area contributed by atoms with Crippen molar-refractivity contribution in [1.82, 2.24) is 14.8 Å². The van der Waals surface area contributed by atoms with Crippen molar-refractivity contribution < 1.29 is 0 Å². The molecular weight excluding hydrogens is 323 g/mol. The summed E-state index contributed by atoms with van der Waals surface area (Å²) < 4.78 is 1.55. The van der Waals surface area contributed by atoms with Crippen LogP contribution in [-0.2, 0) is 0 Å². The van der Waals surface area contributed by atoms with Crippen molar-refractivity contribution in [2.75, 3.05) is 5.73 Å². The first kappa shape index (κ1) is 14.8. The molecule has 5 nitrogen and oxygen atoms in total. The average Bonchev–Trinajstić information content (AvgIpc) is 2.48. The number of benzene rings is 1. The minimum atomic E-state index is -0.380. The number of pyridine rings is 1. The number of fused-ring (bicyclic) bond motifs is 1. The SMILES string of the molecule is Cc1cc2c(nc1C)c(=O)c(N)nn2-c1ccc(Cl)c(Cl)c1. The fraction of sp³-hybridized carbons (Fsp3) is 0.133. The molecule has 0 aliphatic carbocycles. The lowest BCUT2D eigenvalue weighted by atomic mass is 10.2. The van der Waals surface area contributed by atoms with E-state index in [-0.39, 0.29) is 16.8 Å². The summed E-state index contributed by atoms with van der Waals surface area (Å²) in [7, 11) is 0. The van der Waals surface area contributed by atoms with Gasteiger partial charge in [-0.2, -0.15) is 0 Å². The summed E-state index contributed by atoms with van der Waals surface area (Å²) >= 11 is 12.0. The molecule has 3 rings (SSSR count). The molecule has 3 aromatic rings. The highest BCUT2D eigenvalue weighted by Crippen LogP contribution is 2.26. The Morgan fingerprint density at radius 1 is 1.14 bits per heavy atom. The Labute approximate surface area is 136 Å². The molecule has 0 aliphatic rings. The van der Waals surface area contributed by atoms with Gasteiger partial charge < -0.3 is 5.73 Å². The number of halogens is 2. The van der Waals surface area contributed by atoms with Gasteiger partial charge in [0.15, 0.2) is 5.82 Å². The maximum absolute atomic E-state index is 12.2. The lowest BCUT2D eigenvalue weighted by Crippen LogP contribution is -2.19. The second kappa shape index (κ2) is 5.26. The van der Waals surface area contributed by atoms with Crippen molar-refractivity contribution in [2.45, 2.75) is 13.8 Å². The third-order valence-corrected chi connectivity index (χ3v) is 4.22. The molecule has 0 fully saturated rings. The van der Waals surface area contributed by atoms with Gasteiger partial charge in [0.25, 0.3) is 0 Å². The summed E-state index contributed by atoms with van der Waals surface area (Å²) in [5, 5.41) is 4.98. The summed E-state index contributed by atoms with van der Waals surface area (Å²) in [5.41, 5.74) is 8.58. The summed E-state index contributed by atoms with van der Waals surface area (Å²) in [6.45, 7) is 3.76. The molecule has 2 heterocycles. The zero-order valence-corrected chi connectivity index (χ0v) is 13.4. The second-order valence-electron chi connectivity index (χ2n) is 4.98. The van der Waals surface area contributed by atoms with Crippen LogP contribution in [0.3, 0.4) is 0 Å². The molecule has 0 spiro atoms. The number of anilines is 1. The van der Waals surface area contributed by atoms with Crippen LogP contribution in [0.25, 0.3) is 16.7 Å². The maximum atomic E-state index is 12.2. The number of nitrogens with two attached hydrogens (primary N) is 1. The molecule has 0 atom stereocenters. The number of hydrogen-bond donors (Lipinski definition) is 1. The number of nitrogens with zero attached hydrogens (tertiary/aromatic N) is 3. The summed E-state index contributed by atoms with van der Waals surface area (Å²) in [6, 6.07) is 6.93. The van der Waals surface area contributed by atoms with Gasteiger partial charge in [-0.3, -0.25) is 4.79 Å². The van der Waals surface area contributed by atoms with Gasteiger partial charge in [-0.05, 0) is 43.7 Å². The van der Waals surface area contributed by atoms with Crippen LogP contribution in [0.4, 0.5) is 5.82 Å². The van der Waals surface area contributed by atoms with Gasteiger partial charge in [0.05, 0.1) is 21.2 Å². The number of rotatable bonds is 1. The van der Waals surface area contributed by atoms with E-state index in [4.69, 9.17) is 28.9 Å². The average molecular weight is 335 g/mol. The zero-order valence-electron chi connectivity index (χ0n) is 11.9. The van der Waals surface area contributed by atoms with Crippen molar-refractivity contribution in [3.63, 3.8) is 0 Å². The molecule has 22 heavy (non-hydrogen) atoms. The lowest BCUT2D eigenvalue weighted by molar-refractivity contribution is 0.882. The van der Waals surface area contributed by atoms with Crippen LogP contribution in [-0.4, -0.2) is 14.8 Å². The van der Waals surface area contributed by atoms with Gasteiger partial charge in [0.2, 0.25) is 5.43 Å². The highest BCUT2D eigenvalue weighted by Gasteiger charge is 2.13. The Balaban J connectivity index is 2.43. The monoisotopic (exact) mass is 334 g/mol. The Bertz CT molecular complexity index is 966. The van der Waals surface area contributed by atoms with Crippen LogP contribution in [0.1, 0.15) is 11.3 Å². The van der Waals surface area contributed by atoms with Gasteiger partial charge in [0, 0.05) is 5.69 Å². The van der Waals surface area contributed by atoms with Gasteiger partial charge in [-0.25, -0.2) is 9.67 Å². The Kier molecular flexibility index (Phi) is 3.54. The highest BCUT2D eigenvalue weighted by atomic mass is 35.5. The standard InChI is InChI=1S/C15H12Cl2N4O/c1-7-5-12-13(19-8(7)2)14(22)15(18)20-21(12)9-3-4-10(16)11(17)6-9/h3-6H,1-2H3,(H2,18,20). The van der Waals surface area contributed by atoms with Crippen LogP contribution in [0.2, 0.25) is 10.0 Å². The normalized spacial score (nSPS) is 11.1. The van der Waals surface area contributed by atoms with E-state index in [1.54, 1.807) is 22.9 Å². The van der Waals surface area contributed by atoms with Crippen molar-refractivity contribution in [3.05, 3.63) is 55.8 Å². The van der Waals surface area contributed by atoms with Crippen LogP contribution in [0, 0.1) is 13.8 Å². The molecule has 0 saturated heterocycles. The number of aryl methyl sites for hydroxylation is 2. The smallest absolute Gasteiger partial charge is 0.250 e. The maximum Gasteiger partial charge on any atom is 0.250 e. The predicted molar refractivity (Wildman–Crippen MR) is 89.0 cm³/mol. The second-order valence-corrected chi connectivity index (χ2v) is 5.80. The third-order valence-electron chi connectivity index (χ3n) is 3.48. The van der Waals surface area contributed by atoms with E-state index in [1.807, 2.05) is 19.9 Å². The predicted octanol–water partition coefficient (Wildman–Crippen LogP) is 3.29. The molecular formula is C15H12Cl2N4O. The van der Waals surface area contributed by atoms with E-state index < -0.39 is 0 Å². The third kappa shape index (κ3) is 2.32. The number of aromatic nitrogens is 3. The molecule has 0 saturated carbocycles. The first-order valence-electron chi connectivity index (χ1n) is 6.50. The van der Waals surface area contributed by atoms with Crippen molar-refractivity contribution in [1.29, 1.82) is 0 Å². The summed E-state index contributed by atoms with van der Waals surface area (Å²) in [5.74, 6) is -0.116. The molecule has 0 aliphatic heterocycles. The van der Waals surface area contributed by atoms with Gasteiger partial charge in [0.1, 0.15) is 5.52 Å². The van der Waals surface area contributed by atoms with Gasteiger partial charge in [-0.1, -0.05) is 23.2 Å². The Hall–Kier alpha value is -2.11. The minimum Gasteiger partial charge on any atom is -0.379 e. The molecule has 2 N–H and O–H groups in total. The van der Waals surface area contributed by atoms with Crippen LogP contribution in [0.15, 0.2) is 29.1 Å². The number of nitrogen functional groups attached to an aromatic ring is 1. The minimum absolute atomic E-state index is 0.116. The molecule has 0 radical (unpaired) electrons. The zero-order chi connectivity index (χ0) is 16.0. The lowest BCUT2D eigenvalue weighted by Gasteiger charge is -2.12. The first-order valence-corrected chi connectivity index (χ1v) is 7.26. The largest absolute Gasteiger partial charge is 0.379 e. The van der Waals surface area contributed by atoms with E-state index in [0.717, 1.165) is 11.3 Å². The molecule has 7 heteroatoms. The van der Waals surface area contributed by atoms with Crippen molar-refractivity contribution >= 4 is 40.1 Å². The molecule has 0 amide bonds.